The molecule has 0 spiro atoms. The van der Waals surface area contributed by atoms with Crippen LogP contribution in [0.3, 0.4) is 0 Å². The van der Waals surface area contributed by atoms with E-state index in [0.29, 0.717) is 16.8 Å². The third-order valence-electron chi connectivity index (χ3n) is 2.64. The standard InChI is InChI=1S/C12H12N4O2S/c1-9-6-12(3-2-10(9)7-13)19(17,18)15-8-11-4-5-14-16-11/h2-6,15H,8H2,1H3,(H,14,16). The second-order valence-electron chi connectivity index (χ2n) is 3.99. The van der Waals surface area contributed by atoms with E-state index >= 15 is 0 Å². The van der Waals surface area contributed by atoms with E-state index < -0.39 is 10.0 Å². The highest BCUT2D eigenvalue weighted by Gasteiger charge is 2.15. The van der Waals surface area contributed by atoms with Gasteiger partial charge in [-0.1, -0.05) is 0 Å². The molecular weight excluding hydrogens is 264 g/mol. The normalized spacial score (nSPS) is 11.2. The third kappa shape index (κ3) is 2.99. The molecule has 0 fully saturated rings. The minimum absolute atomic E-state index is 0.140. The largest absolute Gasteiger partial charge is 0.281 e. The van der Waals surface area contributed by atoms with E-state index in [1.165, 1.54) is 18.2 Å². The van der Waals surface area contributed by atoms with Gasteiger partial charge in [0.2, 0.25) is 10.0 Å². The molecule has 1 aromatic heterocycles. The molecule has 2 N–H and O–H groups in total. The molecule has 0 saturated carbocycles. The lowest BCUT2D eigenvalue weighted by molar-refractivity contribution is 0.580. The molecular formula is C12H12N4O2S. The summed E-state index contributed by atoms with van der Waals surface area (Å²) < 4.78 is 26.6. The number of aryl methyl sites for hydroxylation is 1. The van der Waals surface area contributed by atoms with Crippen molar-refractivity contribution in [2.75, 3.05) is 0 Å². The molecule has 19 heavy (non-hydrogen) atoms. The van der Waals surface area contributed by atoms with Crippen LogP contribution in [0.4, 0.5) is 0 Å². The van der Waals surface area contributed by atoms with Gasteiger partial charge in [-0.3, -0.25) is 5.10 Å². The minimum Gasteiger partial charge on any atom is -0.281 e. The molecule has 2 rings (SSSR count). The van der Waals surface area contributed by atoms with E-state index in [9.17, 15) is 8.42 Å². The molecule has 1 heterocycles. The smallest absolute Gasteiger partial charge is 0.240 e. The van der Waals surface area contributed by atoms with Crippen molar-refractivity contribution in [2.45, 2.75) is 18.4 Å². The van der Waals surface area contributed by atoms with E-state index in [-0.39, 0.29) is 11.4 Å². The summed E-state index contributed by atoms with van der Waals surface area (Å²) in [6, 6.07) is 8.08. The van der Waals surface area contributed by atoms with Crippen LogP contribution in [0.2, 0.25) is 0 Å². The highest BCUT2D eigenvalue weighted by molar-refractivity contribution is 7.89. The number of sulfonamides is 1. The summed E-state index contributed by atoms with van der Waals surface area (Å²) in [5.74, 6) is 0. The lowest BCUT2D eigenvalue weighted by Crippen LogP contribution is -2.23. The number of nitrogens with one attached hydrogen (secondary N) is 2. The van der Waals surface area contributed by atoms with E-state index in [0.717, 1.165) is 0 Å². The van der Waals surface area contributed by atoms with Gasteiger partial charge in [0, 0.05) is 6.20 Å². The maximum Gasteiger partial charge on any atom is 0.240 e. The number of hydrogen-bond donors (Lipinski definition) is 2. The molecule has 0 amide bonds. The van der Waals surface area contributed by atoms with E-state index in [1.54, 1.807) is 19.2 Å². The van der Waals surface area contributed by atoms with Gasteiger partial charge >= 0.3 is 0 Å². The number of aromatic nitrogens is 2. The molecule has 0 bridgehead atoms. The van der Waals surface area contributed by atoms with Gasteiger partial charge in [-0.25, -0.2) is 13.1 Å². The summed E-state index contributed by atoms with van der Waals surface area (Å²) >= 11 is 0. The second kappa shape index (κ2) is 5.22. The van der Waals surface area contributed by atoms with Crippen molar-refractivity contribution < 1.29 is 8.42 Å². The van der Waals surface area contributed by atoms with Gasteiger partial charge in [-0.15, -0.1) is 0 Å². The van der Waals surface area contributed by atoms with Crippen LogP contribution in [0.25, 0.3) is 0 Å². The Balaban J connectivity index is 2.20. The van der Waals surface area contributed by atoms with Gasteiger partial charge in [-0.2, -0.15) is 10.4 Å². The molecule has 2 aromatic rings. The number of aromatic amines is 1. The van der Waals surface area contributed by atoms with Crippen molar-refractivity contribution in [1.82, 2.24) is 14.9 Å². The van der Waals surface area contributed by atoms with Crippen LogP contribution in [0.1, 0.15) is 16.8 Å². The number of hydrogen-bond acceptors (Lipinski definition) is 4. The average molecular weight is 276 g/mol. The van der Waals surface area contributed by atoms with Crippen molar-refractivity contribution >= 4 is 10.0 Å². The van der Waals surface area contributed by atoms with Crippen molar-refractivity contribution in [3.8, 4) is 6.07 Å². The zero-order valence-corrected chi connectivity index (χ0v) is 11.0. The molecule has 0 aliphatic rings. The first-order chi connectivity index (χ1) is 9.03. The minimum atomic E-state index is -3.59. The molecule has 0 saturated heterocycles. The second-order valence-corrected chi connectivity index (χ2v) is 5.76. The summed E-state index contributed by atoms with van der Waals surface area (Å²) in [4.78, 5) is 0.142. The lowest BCUT2D eigenvalue weighted by atomic mass is 10.1. The molecule has 6 nitrogen and oxygen atoms in total. The van der Waals surface area contributed by atoms with E-state index in [1.807, 2.05) is 6.07 Å². The average Bonchev–Trinajstić information content (AvgIpc) is 2.89. The molecule has 0 atom stereocenters. The van der Waals surface area contributed by atoms with E-state index in [4.69, 9.17) is 5.26 Å². The molecule has 0 radical (unpaired) electrons. The highest BCUT2D eigenvalue weighted by Crippen LogP contribution is 2.14. The van der Waals surface area contributed by atoms with Gasteiger partial charge in [0.1, 0.15) is 0 Å². The first-order valence-electron chi connectivity index (χ1n) is 5.51. The number of H-pyrrole nitrogens is 1. The van der Waals surface area contributed by atoms with Crippen LogP contribution in [0.15, 0.2) is 35.4 Å². The summed E-state index contributed by atoms with van der Waals surface area (Å²) in [5.41, 5.74) is 1.77. The Morgan fingerprint density at radius 2 is 2.21 bits per heavy atom. The number of nitriles is 1. The summed E-state index contributed by atoms with van der Waals surface area (Å²) in [7, 11) is -3.59. The summed E-state index contributed by atoms with van der Waals surface area (Å²) in [5, 5.41) is 15.2. The Morgan fingerprint density at radius 1 is 1.42 bits per heavy atom. The fourth-order valence-electron chi connectivity index (χ4n) is 1.57. The van der Waals surface area contributed by atoms with Crippen molar-refractivity contribution in [1.29, 1.82) is 5.26 Å². The van der Waals surface area contributed by atoms with E-state index in [2.05, 4.69) is 14.9 Å². The van der Waals surface area contributed by atoms with Gasteiger partial charge < -0.3 is 0 Å². The maximum absolute atomic E-state index is 12.1. The first-order valence-corrected chi connectivity index (χ1v) is 7.00. The Kier molecular flexibility index (Phi) is 3.64. The maximum atomic E-state index is 12.1. The first kappa shape index (κ1) is 13.3. The summed E-state index contributed by atoms with van der Waals surface area (Å²) in [6.07, 6.45) is 1.55. The fourth-order valence-corrected chi connectivity index (χ4v) is 2.66. The van der Waals surface area contributed by atoms with Gasteiger partial charge in [0.25, 0.3) is 0 Å². The predicted octanol–water partition coefficient (Wildman–Crippen LogP) is 1.07. The van der Waals surface area contributed by atoms with Crippen LogP contribution in [-0.2, 0) is 16.6 Å². The SMILES string of the molecule is Cc1cc(S(=O)(=O)NCc2ccn[nH]2)ccc1C#N. The van der Waals surface area contributed by atoms with Gasteiger partial charge in [0.05, 0.1) is 28.8 Å². The fraction of sp³-hybridized carbons (Fsp3) is 0.167. The molecule has 7 heteroatoms. The van der Waals surface area contributed by atoms with Crippen LogP contribution < -0.4 is 4.72 Å². The number of nitrogens with zero attached hydrogens (tertiary/aromatic N) is 2. The van der Waals surface area contributed by atoms with Gasteiger partial charge in [0.15, 0.2) is 0 Å². The van der Waals surface area contributed by atoms with Crippen LogP contribution >= 0.6 is 0 Å². The zero-order chi connectivity index (χ0) is 13.9. The molecule has 98 valence electrons. The summed E-state index contributed by atoms with van der Waals surface area (Å²) in [6.45, 7) is 1.84. The monoisotopic (exact) mass is 276 g/mol. The molecule has 0 aliphatic heterocycles. The molecule has 0 unspecified atom stereocenters. The Hall–Kier alpha value is -2.17. The Bertz CT molecular complexity index is 715. The van der Waals surface area contributed by atoms with Crippen LogP contribution in [-0.4, -0.2) is 18.6 Å². The number of benzene rings is 1. The van der Waals surface area contributed by atoms with Crippen LogP contribution in [0.5, 0.6) is 0 Å². The highest BCUT2D eigenvalue weighted by atomic mass is 32.2. The van der Waals surface area contributed by atoms with Gasteiger partial charge in [-0.05, 0) is 36.8 Å². The Labute approximate surface area is 111 Å². The van der Waals surface area contributed by atoms with Crippen molar-refractivity contribution in [3.63, 3.8) is 0 Å². The van der Waals surface area contributed by atoms with Crippen molar-refractivity contribution in [3.05, 3.63) is 47.3 Å². The molecule has 0 aliphatic carbocycles. The Morgan fingerprint density at radius 3 is 2.79 bits per heavy atom. The predicted molar refractivity (Wildman–Crippen MR) is 68.5 cm³/mol. The number of rotatable bonds is 4. The molecule has 1 aromatic carbocycles. The topological polar surface area (TPSA) is 98.6 Å². The van der Waals surface area contributed by atoms with Crippen LogP contribution in [0, 0.1) is 18.3 Å². The zero-order valence-electron chi connectivity index (χ0n) is 10.2. The quantitative estimate of drug-likeness (QED) is 0.872. The lowest BCUT2D eigenvalue weighted by Gasteiger charge is -2.07. The van der Waals surface area contributed by atoms with Crippen molar-refractivity contribution in [2.24, 2.45) is 0 Å². The third-order valence-corrected chi connectivity index (χ3v) is 4.04.